The number of benzene rings is 1. The van der Waals surface area contributed by atoms with Gasteiger partial charge in [-0.15, -0.1) is 0 Å². The van der Waals surface area contributed by atoms with Gasteiger partial charge in [0.2, 0.25) is 10.0 Å². The zero-order valence-corrected chi connectivity index (χ0v) is 15.7. The van der Waals surface area contributed by atoms with E-state index >= 15 is 0 Å². The number of carbonyl (C=O) groups is 1. The second-order valence-electron chi connectivity index (χ2n) is 7.20. The first-order valence-electron chi connectivity index (χ1n) is 8.85. The summed E-state index contributed by atoms with van der Waals surface area (Å²) >= 11 is 0. The third-order valence-corrected chi connectivity index (χ3v) is 6.74. The maximum atomic E-state index is 12.8. The molecule has 1 aromatic rings. The number of rotatable bonds is 3. The van der Waals surface area contributed by atoms with Gasteiger partial charge in [-0.3, -0.25) is 4.79 Å². The Morgan fingerprint density at radius 3 is 2.40 bits per heavy atom. The lowest BCUT2D eigenvalue weighted by Crippen LogP contribution is -2.43. The van der Waals surface area contributed by atoms with Crippen LogP contribution in [0.4, 0.5) is 0 Å². The van der Waals surface area contributed by atoms with Gasteiger partial charge in [-0.25, -0.2) is 8.42 Å². The van der Waals surface area contributed by atoms with Crippen molar-refractivity contribution < 1.29 is 17.9 Å². The van der Waals surface area contributed by atoms with E-state index in [1.54, 1.807) is 18.2 Å². The maximum absolute atomic E-state index is 12.8. The molecular formula is C18H26N2O4S. The predicted octanol–water partition coefficient (Wildman–Crippen LogP) is 1.83. The van der Waals surface area contributed by atoms with Crippen LogP contribution in [0.5, 0.6) is 0 Å². The van der Waals surface area contributed by atoms with Crippen molar-refractivity contribution >= 4 is 15.9 Å². The second kappa shape index (κ2) is 7.43. The number of ether oxygens (including phenoxy) is 1. The highest BCUT2D eigenvalue weighted by molar-refractivity contribution is 7.89. The van der Waals surface area contributed by atoms with Gasteiger partial charge in [0.05, 0.1) is 18.1 Å². The molecule has 0 radical (unpaired) electrons. The number of likely N-dealkylation sites (tertiary alicyclic amines) is 1. The van der Waals surface area contributed by atoms with Crippen LogP contribution in [0.2, 0.25) is 0 Å². The molecule has 2 atom stereocenters. The van der Waals surface area contributed by atoms with Crippen LogP contribution in [0.3, 0.4) is 0 Å². The Kier molecular flexibility index (Phi) is 5.46. The smallest absolute Gasteiger partial charge is 0.253 e. The molecule has 2 saturated heterocycles. The number of piperidine rings is 1. The van der Waals surface area contributed by atoms with Gasteiger partial charge in [-0.2, -0.15) is 4.31 Å². The summed E-state index contributed by atoms with van der Waals surface area (Å²) in [5.41, 5.74) is 0.440. The number of carbonyl (C=O) groups excluding carboxylic acids is 1. The first-order valence-corrected chi connectivity index (χ1v) is 10.3. The van der Waals surface area contributed by atoms with E-state index in [9.17, 15) is 13.2 Å². The number of sulfonamides is 1. The van der Waals surface area contributed by atoms with Gasteiger partial charge in [-0.1, -0.05) is 19.9 Å². The summed E-state index contributed by atoms with van der Waals surface area (Å²) < 4.78 is 32.2. The number of hydrogen-bond donors (Lipinski definition) is 0. The Morgan fingerprint density at radius 1 is 1.12 bits per heavy atom. The molecule has 7 heteroatoms. The highest BCUT2D eigenvalue weighted by Crippen LogP contribution is 2.24. The molecule has 2 aliphatic rings. The molecule has 1 aromatic carbocycles. The van der Waals surface area contributed by atoms with Gasteiger partial charge < -0.3 is 9.64 Å². The van der Waals surface area contributed by atoms with Gasteiger partial charge in [0, 0.05) is 31.7 Å². The summed E-state index contributed by atoms with van der Waals surface area (Å²) in [6.45, 7) is 7.25. The molecule has 138 valence electrons. The van der Waals surface area contributed by atoms with Gasteiger partial charge in [-0.05, 0) is 36.5 Å². The predicted molar refractivity (Wildman–Crippen MR) is 94.9 cm³/mol. The van der Waals surface area contributed by atoms with Crippen LogP contribution in [0.1, 0.15) is 30.6 Å². The van der Waals surface area contributed by atoms with Crippen molar-refractivity contribution in [3.63, 3.8) is 0 Å². The topological polar surface area (TPSA) is 66.9 Å². The van der Waals surface area contributed by atoms with E-state index < -0.39 is 10.0 Å². The first-order chi connectivity index (χ1) is 11.9. The SMILES string of the molecule is C[C@@H]1C[C@@H](C)CN(C(=O)c2cccc(S(=O)(=O)N3CCOCC3)c2)C1. The minimum absolute atomic E-state index is 0.0857. The maximum Gasteiger partial charge on any atom is 0.253 e. The lowest BCUT2D eigenvalue weighted by Gasteiger charge is -2.35. The van der Waals surface area contributed by atoms with Gasteiger partial charge in [0.25, 0.3) is 5.91 Å². The Morgan fingerprint density at radius 2 is 1.76 bits per heavy atom. The monoisotopic (exact) mass is 366 g/mol. The minimum atomic E-state index is -3.59. The van der Waals surface area contributed by atoms with Crippen LogP contribution in [-0.4, -0.2) is 62.9 Å². The van der Waals surface area contributed by atoms with Crippen molar-refractivity contribution in [2.45, 2.75) is 25.2 Å². The Labute approximate surface area is 149 Å². The van der Waals surface area contributed by atoms with Crippen molar-refractivity contribution in [1.29, 1.82) is 0 Å². The van der Waals surface area contributed by atoms with E-state index in [1.165, 1.54) is 10.4 Å². The fourth-order valence-electron chi connectivity index (χ4n) is 3.74. The lowest BCUT2D eigenvalue weighted by molar-refractivity contribution is 0.0622. The van der Waals surface area contributed by atoms with E-state index in [1.807, 2.05) is 4.90 Å². The zero-order valence-electron chi connectivity index (χ0n) is 14.8. The van der Waals surface area contributed by atoms with Crippen molar-refractivity contribution in [1.82, 2.24) is 9.21 Å². The van der Waals surface area contributed by atoms with E-state index in [-0.39, 0.29) is 10.8 Å². The Hall–Kier alpha value is -1.44. The third kappa shape index (κ3) is 4.04. The first kappa shape index (κ1) is 18.4. The highest BCUT2D eigenvalue weighted by Gasteiger charge is 2.29. The zero-order chi connectivity index (χ0) is 18.0. The largest absolute Gasteiger partial charge is 0.379 e. The molecule has 2 aliphatic heterocycles. The molecule has 0 spiro atoms. The molecule has 0 aromatic heterocycles. The highest BCUT2D eigenvalue weighted by atomic mass is 32.2. The molecule has 0 unspecified atom stereocenters. The minimum Gasteiger partial charge on any atom is -0.379 e. The fourth-order valence-corrected chi connectivity index (χ4v) is 5.19. The van der Waals surface area contributed by atoms with Gasteiger partial charge in [0.1, 0.15) is 0 Å². The molecule has 0 N–H and O–H groups in total. The lowest BCUT2D eigenvalue weighted by atomic mass is 9.91. The Balaban J connectivity index is 1.82. The van der Waals surface area contributed by atoms with Crippen LogP contribution in [-0.2, 0) is 14.8 Å². The van der Waals surface area contributed by atoms with Crippen molar-refractivity contribution in [3.8, 4) is 0 Å². The van der Waals surface area contributed by atoms with Gasteiger partial charge >= 0.3 is 0 Å². The third-order valence-electron chi connectivity index (χ3n) is 4.84. The summed E-state index contributed by atoms with van der Waals surface area (Å²) in [4.78, 5) is 14.9. The van der Waals surface area contributed by atoms with Crippen LogP contribution in [0, 0.1) is 11.8 Å². The Bertz CT molecular complexity index is 718. The van der Waals surface area contributed by atoms with Crippen molar-refractivity contribution in [2.75, 3.05) is 39.4 Å². The number of nitrogens with zero attached hydrogens (tertiary/aromatic N) is 2. The standard InChI is InChI=1S/C18H26N2O4S/c1-14-10-15(2)13-19(12-14)18(21)16-4-3-5-17(11-16)25(22,23)20-6-8-24-9-7-20/h3-5,11,14-15H,6-10,12-13H2,1-2H3/t14-,15-/m1/s1. The van der Waals surface area contributed by atoms with Crippen molar-refractivity contribution in [2.24, 2.45) is 11.8 Å². The summed E-state index contributed by atoms with van der Waals surface area (Å²) in [7, 11) is -3.59. The summed E-state index contributed by atoms with van der Waals surface area (Å²) in [6, 6.07) is 6.42. The molecule has 2 fully saturated rings. The van der Waals surface area contributed by atoms with Crippen molar-refractivity contribution in [3.05, 3.63) is 29.8 Å². The quantitative estimate of drug-likeness (QED) is 0.818. The van der Waals surface area contributed by atoms with Crippen LogP contribution in [0.25, 0.3) is 0 Å². The van der Waals surface area contributed by atoms with E-state index in [2.05, 4.69) is 13.8 Å². The molecule has 1 amide bonds. The number of amides is 1. The fraction of sp³-hybridized carbons (Fsp3) is 0.611. The van der Waals surface area contributed by atoms with Crippen LogP contribution < -0.4 is 0 Å². The molecule has 2 heterocycles. The second-order valence-corrected chi connectivity index (χ2v) is 9.14. The normalized spacial score (nSPS) is 25.8. The molecule has 0 bridgehead atoms. The van der Waals surface area contributed by atoms with E-state index in [0.717, 1.165) is 19.5 Å². The average Bonchev–Trinajstić information content (AvgIpc) is 2.61. The average molecular weight is 366 g/mol. The molecular weight excluding hydrogens is 340 g/mol. The molecule has 25 heavy (non-hydrogen) atoms. The molecule has 3 rings (SSSR count). The molecule has 0 aliphatic carbocycles. The molecule has 6 nitrogen and oxygen atoms in total. The molecule has 0 saturated carbocycles. The summed E-state index contributed by atoms with van der Waals surface area (Å²) in [5, 5.41) is 0. The van der Waals surface area contributed by atoms with E-state index in [4.69, 9.17) is 4.74 Å². The van der Waals surface area contributed by atoms with Crippen LogP contribution >= 0.6 is 0 Å². The number of morpholine rings is 1. The summed E-state index contributed by atoms with van der Waals surface area (Å²) in [5.74, 6) is 0.846. The van der Waals surface area contributed by atoms with Gasteiger partial charge in [0.15, 0.2) is 0 Å². The van der Waals surface area contributed by atoms with E-state index in [0.29, 0.717) is 43.7 Å². The summed E-state index contributed by atoms with van der Waals surface area (Å²) in [6.07, 6.45) is 1.12. The van der Waals surface area contributed by atoms with Crippen LogP contribution in [0.15, 0.2) is 29.2 Å². The number of hydrogen-bond acceptors (Lipinski definition) is 4.